The predicted molar refractivity (Wildman–Crippen MR) is 85.1 cm³/mol. The van der Waals surface area contributed by atoms with E-state index in [2.05, 4.69) is 15.1 Å². The van der Waals surface area contributed by atoms with Crippen molar-refractivity contribution in [3.8, 4) is 11.1 Å². The highest BCUT2D eigenvalue weighted by Crippen LogP contribution is 2.36. The Morgan fingerprint density at radius 2 is 2.04 bits per heavy atom. The molecule has 0 amide bonds. The van der Waals surface area contributed by atoms with Crippen LogP contribution in [-0.4, -0.2) is 34.7 Å². The lowest BCUT2D eigenvalue weighted by Crippen LogP contribution is -2.36. The lowest BCUT2D eigenvalue weighted by atomic mass is 9.90. The Morgan fingerprint density at radius 3 is 2.83 bits per heavy atom. The van der Waals surface area contributed by atoms with Gasteiger partial charge in [0.15, 0.2) is 0 Å². The quantitative estimate of drug-likeness (QED) is 0.926. The molecule has 1 aliphatic carbocycles. The summed E-state index contributed by atoms with van der Waals surface area (Å²) in [7, 11) is 0. The number of H-pyrrole nitrogens is 1. The first-order valence-corrected chi connectivity index (χ1v) is 8.42. The highest BCUT2D eigenvalue weighted by molar-refractivity contribution is 5.66. The van der Waals surface area contributed by atoms with Crippen molar-refractivity contribution in [2.24, 2.45) is 5.92 Å². The fraction of sp³-hybridized carbons (Fsp3) is 0.500. The van der Waals surface area contributed by atoms with Gasteiger partial charge in [-0.15, -0.1) is 0 Å². The lowest BCUT2D eigenvalue weighted by molar-refractivity contribution is 0.199. The summed E-state index contributed by atoms with van der Waals surface area (Å²) < 4.78 is 27.3. The monoisotopic (exact) mass is 317 g/mol. The van der Waals surface area contributed by atoms with Gasteiger partial charge in [-0.2, -0.15) is 5.10 Å². The Bertz CT molecular complexity index is 693. The molecule has 1 atom stereocenters. The van der Waals surface area contributed by atoms with Crippen LogP contribution in [0.5, 0.6) is 0 Å². The lowest BCUT2D eigenvalue weighted by Gasteiger charge is -2.32. The van der Waals surface area contributed by atoms with E-state index in [-0.39, 0.29) is 0 Å². The second-order valence-corrected chi connectivity index (χ2v) is 6.86. The summed E-state index contributed by atoms with van der Waals surface area (Å²) in [4.78, 5) is 2.53. The third-order valence-corrected chi connectivity index (χ3v) is 5.02. The number of aromatic nitrogens is 2. The van der Waals surface area contributed by atoms with Gasteiger partial charge in [0.05, 0.1) is 6.20 Å². The topological polar surface area (TPSA) is 31.9 Å². The number of nitrogens with zero attached hydrogens (tertiary/aromatic N) is 2. The molecule has 2 fully saturated rings. The van der Waals surface area contributed by atoms with E-state index in [0.29, 0.717) is 11.5 Å². The van der Waals surface area contributed by atoms with E-state index < -0.39 is 11.6 Å². The third-order valence-electron chi connectivity index (χ3n) is 5.02. The normalized spacial score (nSPS) is 22.4. The maximum absolute atomic E-state index is 14.1. The second kappa shape index (κ2) is 6.04. The van der Waals surface area contributed by atoms with Gasteiger partial charge in [-0.3, -0.25) is 5.10 Å². The molecule has 2 aliphatic rings. The van der Waals surface area contributed by atoms with Crippen molar-refractivity contribution >= 4 is 0 Å². The van der Waals surface area contributed by atoms with Crippen molar-refractivity contribution in [2.75, 3.05) is 19.6 Å². The summed E-state index contributed by atoms with van der Waals surface area (Å²) in [6.07, 6.45) is 6.61. The van der Waals surface area contributed by atoms with Gasteiger partial charge in [-0.25, -0.2) is 8.78 Å². The zero-order valence-corrected chi connectivity index (χ0v) is 13.1. The van der Waals surface area contributed by atoms with Crippen LogP contribution in [-0.2, 0) is 0 Å². The summed E-state index contributed by atoms with van der Waals surface area (Å²) in [5.74, 6) is 0.136. The fourth-order valence-electron chi connectivity index (χ4n) is 3.65. The molecule has 122 valence electrons. The summed E-state index contributed by atoms with van der Waals surface area (Å²) in [6.45, 7) is 3.33. The zero-order valence-electron chi connectivity index (χ0n) is 13.1. The number of likely N-dealkylation sites (tertiary alicyclic amines) is 1. The van der Waals surface area contributed by atoms with E-state index in [1.807, 2.05) is 0 Å². The standard InChI is InChI=1S/C18H21F2N3/c19-14-5-6-15(17(20)8-14)16-9-21-22-18(16)13-2-1-7-23(11-13)10-12-3-4-12/h5-6,8-9,12-13H,1-4,7,10-11H2,(H,21,22). The van der Waals surface area contributed by atoms with Gasteiger partial charge >= 0.3 is 0 Å². The Labute approximate surface area is 134 Å². The minimum Gasteiger partial charge on any atom is -0.302 e. The van der Waals surface area contributed by atoms with Gasteiger partial charge in [0.2, 0.25) is 0 Å². The molecule has 1 saturated carbocycles. The van der Waals surface area contributed by atoms with E-state index in [9.17, 15) is 8.78 Å². The number of benzene rings is 1. The van der Waals surface area contributed by atoms with Crippen LogP contribution in [0, 0.1) is 17.6 Å². The van der Waals surface area contributed by atoms with Crippen LogP contribution in [0.15, 0.2) is 24.4 Å². The smallest absolute Gasteiger partial charge is 0.134 e. The van der Waals surface area contributed by atoms with Crippen LogP contribution in [0.25, 0.3) is 11.1 Å². The van der Waals surface area contributed by atoms with Gasteiger partial charge in [0.1, 0.15) is 11.6 Å². The zero-order chi connectivity index (χ0) is 15.8. The van der Waals surface area contributed by atoms with Crippen LogP contribution in [0.1, 0.15) is 37.3 Å². The van der Waals surface area contributed by atoms with E-state index >= 15 is 0 Å². The fourth-order valence-corrected chi connectivity index (χ4v) is 3.65. The highest BCUT2D eigenvalue weighted by Gasteiger charge is 2.30. The number of aromatic amines is 1. The van der Waals surface area contributed by atoms with E-state index in [1.54, 1.807) is 6.20 Å². The van der Waals surface area contributed by atoms with E-state index in [0.717, 1.165) is 49.2 Å². The molecule has 4 rings (SSSR count). The van der Waals surface area contributed by atoms with Crippen molar-refractivity contribution in [2.45, 2.75) is 31.6 Å². The van der Waals surface area contributed by atoms with Crippen LogP contribution < -0.4 is 0 Å². The molecular formula is C18H21F2N3. The second-order valence-electron chi connectivity index (χ2n) is 6.86. The maximum atomic E-state index is 14.1. The molecule has 1 aliphatic heterocycles. The first-order chi connectivity index (χ1) is 11.2. The number of hydrogen-bond donors (Lipinski definition) is 1. The van der Waals surface area contributed by atoms with Gasteiger partial charge in [-0.05, 0) is 50.3 Å². The van der Waals surface area contributed by atoms with Crippen molar-refractivity contribution in [1.82, 2.24) is 15.1 Å². The number of piperidine rings is 1. The molecule has 0 radical (unpaired) electrons. The summed E-state index contributed by atoms with van der Waals surface area (Å²) >= 11 is 0. The van der Waals surface area contributed by atoms with Gasteiger partial charge in [0, 0.05) is 41.9 Å². The van der Waals surface area contributed by atoms with Gasteiger partial charge < -0.3 is 4.90 Å². The summed E-state index contributed by atoms with van der Waals surface area (Å²) in [5, 5.41) is 7.20. The molecule has 0 spiro atoms. The predicted octanol–water partition coefficient (Wildman–Crippen LogP) is 3.94. The Balaban J connectivity index is 1.58. The van der Waals surface area contributed by atoms with Crippen LogP contribution >= 0.6 is 0 Å². The Morgan fingerprint density at radius 1 is 1.17 bits per heavy atom. The number of halogens is 2. The molecule has 2 aromatic rings. The van der Waals surface area contributed by atoms with Crippen LogP contribution in [0.2, 0.25) is 0 Å². The van der Waals surface area contributed by atoms with Gasteiger partial charge in [-0.1, -0.05) is 0 Å². The molecular weight excluding hydrogens is 296 g/mol. The first-order valence-electron chi connectivity index (χ1n) is 8.42. The van der Waals surface area contributed by atoms with E-state index in [4.69, 9.17) is 0 Å². The first kappa shape index (κ1) is 14.8. The molecule has 3 nitrogen and oxygen atoms in total. The number of hydrogen-bond acceptors (Lipinski definition) is 2. The van der Waals surface area contributed by atoms with Crippen molar-refractivity contribution in [3.63, 3.8) is 0 Å². The summed E-state index contributed by atoms with van der Waals surface area (Å²) in [6, 6.07) is 3.74. The minimum atomic E-state index is -0.551. The van der Waals surface area contributed by atoms with Crippen molar-refractivity contribution < 1.29 is 8.78 Å². The maximum Gasteiger partial charge on any atom is 0.134 e. The highest BCUT2D eigenvalue weighted by atomic mass is 19.1. The molecule has 1 N–H and O–H groups in total. The Kier molecular flexibility index (Phi) is 3.89. The van der Waals surface area contributed by atoms with Crippen LogP contribution in [0.3, 0.4) is 0 Å². The molecule has 0 bridgehead atoms. The van der Waals surface area contributed by atoms with Crippen molar-refractivity contribution in [1.29, 1.82) is 0 Å². The largest absolute Gasteiger partial charge is 0.302 e. The van der Waals surface area contributed by atoms with Crippen molar-refractivity contribution in [3.05, 3.63) is 41.7 Å². The third kappa shape index (κ3) is 3.15. The molecule has 1 aromatic heterocycles. The average molecular weight is 317 g/mol. The SMILES string of the molecule is Fc1ccc(-c2cn[nH]c2C2CCCN(CC3CC3)C2)c(F)c1. The molecule has 1 unspecified atom stereocenters. The van der Waals surface area contributed by atoms with E-state index in [1.165, 1.54) is 31.5 Å². The van der Waals surface area contributed by atoms with Crippen LogP contribution in [0.4, 0.5) is 8.78 Å². The molecule has 5 heteroatoms. The molecule has 2 heterocycles. The molecule has 1 saturated heterocycles. The van der Waals surface area contributed by atoms with Gasteiger partial charge in [0.25, 0.3) is 0 Å². The minimum absolute atomic E-state index is 0.337. The summed E-state index contributed by atoms with van der Waals surface area (Å²) in [5.41, 5.74) is 2.17. The Hall–Kier alpha value is -1.75. The average Bonchev–Trinajstić information content (AvgIpc) is 3.21. The molecule has 1 aromatic carbocycles. The number of rotatable bonds is 4. The number of nitrogens with one attached hydrogen (secondary N) is 1. The molecule has 23 heavy (non-hydrogen) atoms.